The van der Waals surface area contributed by atoms with Crippen LogP contribution in [-0.4, -0.2) is 40.5 Å². The number of sulfonamides is 1. The Balaban J connectivity index is 2.03. The summed E-state index contributed by atoms with van der Waals surface area (Å²) in [6, 6.07) is 1.68. The second-order valence-electron chi connectivity index (χ2n) is 5.53. The summed E-state index contributed by atoms with van der Waals surface area (Å²) >= 11 is 1.57. The predicted molar refractivity (Wildman–Crippen MR) is 86.1 cm³/mol. The molecule has 0 N–H and O–H groups in total. The second-order valence-corrected chi connectivity index (χ2v) is 8.70. The van der Waals surface area contributed by atoms with Gasteiger partial charge in [0, 0.05) is 17.6 Å². The molecule has 1 aliphatic rings. The van der Waals surface area contributed by atoms with Crippen LogP contribution in [0, 0.1) is 13.8 Å². The van der Waals surface area contributed by atoms with Crippen molar-refractivity contribution < 1.29 is 8.42 Å². The molecular formula is C14H18N4O2S2. The summed E-state index contributed by atoms with van der Waals surface area (Å²) in [6.45, 7) is 4.38. The van der Waals surface area contributed by atoms with Crippen LogP contribution in [0.5, 0.6) is 0 Å². The highest BCUT2D eigenvalue weighted by Crippen LogP contribution is 2.34. The Kier molecular flexibility index (Phi) is 4.00. The Morgan fingerprint density at radius 1 is 1.32 bits per heavy atom. The molecule has 2 aromatic rings. The summed E-state index contributed by atoms with van der Waals surface area (Å²) in [7, 11) is -3.23. The molecule has 2 aromatic heterocycles. The molecule has 1 atom stereocenters. The van der Waals surface area contributed by atoms with Gasteiger partial charge in [-0.3, -0.25) is 0 Å². The highest BCUT2D eigenvalue weighted by atomic mass is 32.2. The number of aromatic nitrogens is 3. The van der Waals surface area contributed by atoms with Crippen LogP contribution < -0.4 is 0 Å². The van der Waals surface area contributed by atoms with Gasteiger partial charge in [0.05, 0.1) is 18.0 Å². The van der Waals surface area contributed by atoms with Crippen molar-refractivity contribution in [2.75, 3.05) is 12.8 Å². The average molecular weight is 338 g/mol. The maximum Gasteiger partial charge on any atom is 0.211 e. The first-order valence-corrected chi connectivity index (χ1v) is 9.76. The molecule has 0 amide bonds. The zero-order chi connectivity index (χ0) is 15.9. The van der Waals surface area contributed by atoms with Crippen LogP contribution >= 0.6 is 11.3 Å². The number of hydrogen-bond donors (Lipinski definition) is 0. The number of rotatable bonds is 3. The third-order valence-corrected chi connectivity index (χ3v) is 5.89. The summed E-state index contributed by atoms with van der Waals surface area (Å²) in [6.07, 6.45) is 4.71. The summed E-state index contributed by atoms with van der Waals surface area (Å²) < 4.78 is 25.4. The van der Waals surface area contributed by atoms with E-state index in [9.17, 15) is 8.42 Å². The largest absolute Gasteiger partial charge is 0.243 e. The summed E-state index contributed by atoms with van der Waals surface area (Å²) in [5, 5.41) is 0.841. The molecule has 0 bridgehead atoms. The van der Waals surface area contributed by atoms with Crippen LogP contribution in [0.2, 0.25) is 0 Å². The highest BCUT2D eigenvalue weighted by molar-refractivity contribution is 7.88. The third kappa shape index (κ3) is 3.04. The Morgan fingerprint density at radius 3 is 2.73 bits per heavy atom. The quantitative estimate of drug-likeness (QED) is 0.858. The minimum Gasteiger partial charge on any atom is -0.243 e. The van der Waals surface area contributed by atoms with E-state index in [0.717, 1.165) is 34.1 Å². The van der Waals surface area contributed by atoms with Gasteiger partial charge in [0.1, 0.15) is 16.5 Å². The molecule has 6 nitrogen and oxygen atoms in total. The summed E-state index contributed by atoms with van der Waals surface area (Å²) in [4.78, 5) is 14.4. The lowest BCUT2D eigenvalue weighted by Crippen LogP contribution is -2.30. The molecule has 22 heavy (non-hydrogen) atoms. The maximum absolute atomic E-state index is 11.9. The molecule has 0 spiro atoms. The van der Waals surface area contributed by atoms with Crippen molar-refractivity contribution in [1.82, 2.24) is 19.3 Å². The van der Waals surface area contributed by atoms with Crippen molar-refractivity contribution in [2.24, 2.45) is 0 Å². The number of nitrogens with zero attached hydrogens (tertiary/aromatic N) is 4. The Bertz CT molecular complexity index is 801. The average Bonchev–Trinajstić information content (AvgIpc) is 3.05. The van der Waals surface area contributed by atoms with Gasteiger partial charge in [0.15, 0.2) is 0 Å². The van der Waals surface area contributed by atoms with Crippen molar-refractivity contribution >= 4 is 21.4 Å². The van der Waals surface area contributed by atoms with Crippen LogP contribution in [0.25, 0.3) is 10.7 Å². The normalized spacial score (nSPS) is 19.7. The smallest absolute Gasteiger partial charge is 0.211 e. The molecular weight excluding hydrogens is 320 g/mol. The predicted octanol–water partition coefficient (Wildman–Crippen LogP) is 2.31. The van der Waals surface area contributed by atoms with E-state index in [4.69, 9.17) is 0 Å². The molecule has 1 unspecified atom stereocenters. The van der Waals surface area contributed by atoms with Crippen molar-refractivity contribution in [3.8, 4) is 10.7 Å². The van der Waals surface area contributed by atoms with E-state index in [1.807, 2.05) is 26.1 Å². The third-order valence-electron chi connectivity index (χ3n) is 3.67. The van der Waals surface area contributed by atoms with Gasteiger partial charge >= 0.3 is 0 Å². The topological polar surface area (TPSA) is 76.1 Å². The van der Waals surface area contributed by atoms with Gasteiger partial charge < -0.3 is 0 Å². The first-order chi connectivity index (χ1) is 10.3. The van der Waals surface area contributed by atoms with E-state index in [1.165, 1.54) is 10.6 Å². The zero-order valence-corrected chi connectivity index (χ0v) is 14.4. The van der Waals surface area contributed by atoms with E-state index in [2.05, 4.69) is 15.0 Å². The molecule has 0 aromatic carbocycles. The molecule has 1 fully saturated rings. The van der Waals surface area contributed by atoms with Crippen molar-refractivity contribution in [1.29, 1.82) is 0 Å². The first-order valence-electron chi connectivity index (χ1n) is 7.10. The molecule has 0 aliphatic carbocycles. The fourth-order valence-electron chi connectivity index (χ4n) is 2.78. The van der Waals surface area contributed by atoms with Gasteiger partial charge in [0.25, 0.3) is 0 Å². The molecule has 1 aliphatic heterocycles. The number of aryl methyl sites for hydroxylation is 2. The molecule has 118 valence electrons. The minimum atomic E-state index is -3.23. The lowest BCUT2D eigenvalue weighted by atomic mass is 10.1. The zero-order valence-electron chi connectivity index (χ0n) is 12.8. The maximum atomic E-state index is 11.9. The van der Waals surface area contributed by atoms with Crippen LogP contribution in [0.15, 0.2) is 12.3 Å². The molecule has 0 radical (unpaired) electrons. The molecule has 8 heteroatoms. The first kappa shape index (κ1) is 15.5. The Labute approximate surface area is 134 Å². The van der Waals surface area contributed by atoms with Crippen molar-refractivity contribution in [2.45, 2.75) is 32.7 Å². The lowest BCUT2D eigenvalue weighted by molar-refractivity contribution is 0.393. The molecule has 0 saturated carbocycles. The van der Waals surface area contributed by atoms with Gasteiger partial charge in [-0.05, 0) is 32.8 Å². The number of hydrogen-bond acceptors (Lipinski definition) is 6. The molecule has 3 rings (SSSR count). The van der Waals surface area contributed by atoms with Crippen molar-refractivity contribution in [3.05, 3.63) is 28.7 Å². The highest BCUT2D eigenvalue weighted by Gasteiger charge is 2.34. The minimum absolute atomic E-state index is 0.198. The van der Waals surface area contributed by atoms with Gasteiger partial charge in [-0.15, -0.1) is 11.3 Å². The van der Waals surface area contributed by atoms with E-state index >= 15 is 0 Å². The summed E-state index contributed by atoms with van der Waals surface area (Å²) in [5.74, 6) is 0.640. The van der Waals surface area contributed by atoms with Gasteiger partial charge in [-0.2, -0.15) is 4.31 Å². The number of thiazole rings is 1. The van der Waals surface area contributed by atoms with Gasteiger partial charge in [0.2, 0.25) is 10.0 Å². The van der Waals surface area contributed by atoms with E-state index in [1.54, 1.807) is 11.3 Å². The van der Waals surface area contributed by atoms with Crippen LogP contribution in [0.3, 0.4) is 0 Å². The molecule has 1 saturated heterocycles. The lowest BCUT2D eigenvalue weighted by Gasteiger charge is -2.22. The molecule has 3 heterocycles. The van der Waals surface area contributed by atoms with Crippen molar-refractivity contribution in [3.63, 3.8) is 0 Å². The SMILES string of the molecule is Cc1nc(-c2ncc(C)s2)cc(C2CCCN2S(C)(=O)=O)n1. The van der Waals surface area contributed by atoms with Crippen LogP contribution in [0.4, 0.5) is 0 Å². The van der Waals surface area contributed by atoms with E-state index < -0.39 is 10.0 Å². The standard InChI is InChI=1S/C14H18N4O2S2/c1-9-8-15-14(21-9)12-7-11(16-10(2)17-12)13-5-4-6-18(13)22(3,19)20/h7-8,13H,4-6H2,1-3H3. The Morgan fingerprint density at radius 2 is 2.09 bits per heavy atom. The van der Waals surface area contributed by atoms with E-state index in [0.29, 0.717) is 12.4 Å². The monoisotopic (exact) mass is 338 g/mol. The Hall–Kier alpha value is -1.38. The fraction of sp³-hybridized carbons (Fsp3) is 0.500. The van der Waals surface area contributed by atoms with Crippen LogP contribution in [-0.2, 0) is 10.0 Å². The van der Waals surface area contributed by atoms with Gasteiger partial charge in [-0.25, -0.2) is 23.4 Å². The summed E-state index contributed by atoms with van der Waals surface area (Å²) in [5.41, 5.74) is 1.53. The van der Waals surface area contributed by atoms with Gasteiger partial charge in [-0.1, -0.05) is 0 Å². The van der Waals surface area contributed by atoms with Crippen LogP contribution in [0.1, 0.15) is 35.3 Å². The van der Waals surface area contributed by atoms with E-state index in [-0.39, 0.29) is 6.04 Å². The second kappa shape index (κ2) is 5.68. The fourth-order valence-corrected chi connectivity index (χ4v) is 4.64.